The van der Waals surface area contributed by atoms with Gasteiger partial charge < -0.3 is 20.3 Å². The third-order valence-electron chi connectivity index (χ3n) is 8.72. The Morgan fingerprint density at radius 3 is 2.68 bits per heavy atom. The van der Waals surface area contributed by atoms with Crippen LogP contribution in [0.1, 0.15) is 46.1 Å². The molecular weight excluding hydrogens is 571 g/mol. The first-order valence-electron chi connectivity index (χ1n) is 12.0. The van der Waals surface area contributed by atoms with Crippen molar-refractivity contribution in [2.45, 2.75) is 71.4 Å². The number of hydrogen-bond acceptors (Lipinski definition) is 6. The fraction of sp³-hybridized carbons (Fsp3) is 0.720. The van der Waals surface area contributed by atoms with Crippen molar-refractivity contribution in [2.75, 3.05) is 13.7 Å². The molecule has 1 aromatic carbocycles. The van der Waals surface area contributed by atoms with Gasteiger partial charge in [-0.05, 0) is 71.6 Å². The van der Waals surface area contributed by atoms with Gasteiger partial charge in [0.1, 0.15) is 17.9 Å². The van der Waals surface area contributed by atoms with Crippen LogP contribution in [0.25, 0.3) is 0 Å². The van der Waals surface area contributed by atoms with Crippen molar-refractivity contribution in [3.63, 3.8) is 0 Å². The number of benzene rings is 1. The molecule has 190 valence electrons. The molecule has 9 heteroatoms. The average Bonchev–Trinajstić information content (AvgIpc) is 3.16. The Hall–Kier alpha value is -0.650. The van der Waals surface area contributed by atoms with Gasteiger partial charge in [-0.25, -0.2) is 0 Å². The summed E-state index contributed by atoms with van der Waals surface area (Å²) in [5, 5.41) is 26.0. The molecule has 0 spiro atoms. The molecule has 34 heavy (non-hydrogen) atoms. The van der Waals surface area contributed by atoms with Gasteiger partial charge in [-0.2, -0.15) is 5.06 Å². The number of methoxy groups -OCH3 is 1. The molecule has 7 nitrogen and oxygen atoms in total. The number of aliphatic hydroxyl groups excluding tert-OH is 2. The van der Waals surface area contributed by atoms with E-state index in [-0.39, 0.29) is 25.1 Å². The number of nitrogens with zero attached hydrogens (tertiary/aromatic N) is 1. The lowest BCUT2D eigenvalue weighted by Crippen LogP contribution is -2.62. The van der Waals surface area contributed by atoms with E-state index < -0.39 is 24.2 Å². The van der Waals surface area contributed by atoms with E-state index in [1.165, 1.54) is 6.42 Å². The van der Waals surface area contributed by atoms with Crippen LogP contribution in [0.3, 0.4) is 0 Å². The number of amides is 1. The van der Waals surface area contributed by atoms with Gasteiger partial charge in [0.05, 0.1) is 35.0 Å². The van der Waals surface area contributed by atoms with Crippen molar-refractivity contribution in [2.24, 2.45) is 29.1 Å². The highest BCUT2D eigenvalue weighted by atomic mass is 127. The van der Waals surface area contributed by atoms with Crippen LogP contribution >= 0.6 is 34.2 Å². The molecule has 1 unspecified atom stereocenters. The van der Waals surface area contributed by atoms with Gasteiger partial charge >= 0.3 is 0 Å². The highest BCUT2D eigenvalue weighted by Gasteiger charge is 2.57. The fourth-order valence-corrected chi connectivity index (χ4v) is 7.46. The highest BCUT2D eigenvalue weighted by Crippen LogP contribution is 2.61. The maximum Gasteiger partial charge on any atom is 0.240 e. The summed E-state index contributed by atoms with van der Waals surface area (Å²) in [6, 6.07) is 3.00. The van der Waals surface area contributed by atoms with Gasteiger partial charge in [0, 0.05) is 17.5 Å². The van der Waals surface area contributed by atoms with Gasteiger partial charge in [0.25, 0.3) is 0 Å². The zero-order valence-electron chi connectivity index (χ0n) is 20.4. The Balaban J connectivity index is 1.58. The van der Waals surface area contributed by atoms with E-state index >= 15 is 0 Å². The van der Waals surface area contributed by atoms with Crippen molar-refractivity contribution >= 4 is 40.1 Å². The van der Waals surface area contributed by atoms with E-state index in [2.05, 4.69) is 48.7 Å². The van der Waals surface area contributed by atoms with Crippen LogP contribution in [0.15, 0.2) is 12.1 Å². The van der Waals surface area contributed by atoms with Crippen LogP contribution in [0.5, 0.6) is 5.75 Å². The molecule has 3 aliphatic carbocycles. The van der Waals surface area contributed by atoms with Crippen molar-refractivity contribution in [3.8, 4) is 5.75 Å². The number of hydroxylamine groups is 2. The van der Waals surface area contributed by atoms with E-state index in [9.17, 15) is 15.0 Å². The molecule has 2 bridgehead atoms. The van der Waals surface area contributed by atoms with Crippen LogP contribution in [-0.4, -0.2) is 59.2 Å². The van der Waals surface area contributed by atoms with E-state index in [0.717, 1.165) is 15.6 Å². The average molecular weight is 607 g/mol. The summed E-state index contributed by atoms with van der Waals surface area (Å²) in [7, 11) is 1.58. The Bertz CT molecular complexity index is 929. The summed E-state index contributed by atoms with van der Waals surface area (Å²) in [6.07, 6.45) is 0.693. The molecule has 1 heterocycles. The van der Waals surface area contributed by atoms with Gasteiger partial charge in [-0.1, -0.05) is 38.4 Å². The smallest absolute Gasteiger partial charge is 0.240 e. The van der Waals surface area contributed by atoms with Crippen molar-refractivity contribution in [1.82, 2.24) is 10.4 Å². The second-order valence-electron chi connectivity index (χ2n) is 10.8. The predicted molar refractivity (Wildman–Crippen MR) is 138 cm³/mol. The molecular formula is C25H36ClIN2O5. The first-order valence-corrected chi connectivity index (χ1v) is 13.5. The monoisotopic (exact) mass is 606 g/mol. The lowest BCUT2D eigenvalue weighted by molar-refractivity contribution is -0.183. The number of fused-ring (bicyclic) bond motifs is 2. The quantitative estimate of drug-likeness (QED) is 0.411. The number of aliphatic hydroxyl groups is 2. The molecule has 8 atom stereocenters. The van der Waals surface area contributed by atoms with E-state index in [1.54, 1.807) is 25.2 Å². The minimum atomic E-state index is -0.832. The van der Waals surface area contributed by atoms with Gasteiger partial charge in [0.15, 0.2) is 0 Å². The van der Waals surface area contributed by atoms with Gasteiger partial charge in [-0.15, -0.1) is 0 Å². The second kappa shape index (κ2) is 10.0. The Kier molecular flexibility index (Phi) is 7.78. The fourth-order valence-electron chi connectivity index (χ4n) is 6.57. The number of halogens is 2. The molecule has 1 amide bonds. The van der Waals surface area contributed by atoms with E-state index in [1.807, 2.05) is 6.07 Å². The number of carbonyl (C=O) groups is 1. The number of hydrogen-bond donors (Lipinski definition) is 3. The zero-order chi connectivity index (χ0) is 24.9. The van der Waals surface area contributed by atoms with Crippen LogP contribution in [-0.2, 0) is 16.2 Å². The summed E-state index contributed by atoms with van der Waals surface area (Å²) in [5.41, 5.74) is 1.14. The minimum Gasteiger partial charge on any atom is -0.495 e. The van der Waals surface area contributed by atoms with Crippen LogP contribution < -0.4 is 10.1 Å². The van der Waals surface area contributed by atoms with Gasteiger partial charge in [0.2, 0.25) is 5.91 Å². The lowest BCUT2D eigenvalue weighted by Gasteiger charge is -2.62. The zero-order valence-corrected chi connectivity index (χ0v) is 23.3. The minimum absolute atomic E-state index is 0.0972. The SMILES string of the molecule is COc1c(CN2O[C@@H](CO)[C@@H]([C@H](C)O)C2C(=O)N[C@H]2C[C@H]3C[C@@H]([C@@H]2C)C3(C)C)ccc(Cl)c1I. The third kappa shape index (κ3) is 4.47. The maximum atomic E-state index is 13.7. The molecule has 3 saturated carbocycles. The summed E-state index contributed by atoms with van der Waals surface area (Å²) < 4.78 is 6.37. The highest BCUT2D eigenvalue weighted by molar-refractivity contribution is 14.1. The first-order chi connectivity index (χ1) is 16.0. The Morgan fingerprint density at radius 2 is 2.12 bits per heavy atom. The maximum absolute atomic E-state index is 13.7. The summed E-state index contributed by atoms with van der Waals surface area (Å²) >= 11 is 8.40. The van der Waals surface area contributed by atoms with Crippen LogP contribution in [0, 0.1) is 32.7 Å². The standard InChI is InChI=1S/C25H36ClIN2O5/c1-12-16-8-15(25(16,3)4)9-18(12)28-24(32)22-20(13(2)31)19(11-30)34-29(22)10-14-6-7-17(26)21(27)23(14)33-5/h6-7,12-13,15-16,18-20,22,30-31H,8-11H2,1-5H3,(H,28,32)/t12-,13-,15+,16-,18-,19-,20+,22?/m0/s1. The number of rotatable bonds is 7. The number of nitrogens with one attached hydrogen (secondary N) is 1. The van der Waals surface area contributed by atoms with Crippen molar-refractivity contribution in [3.05, 3.63) is 26.3 Å². The second-order valence-corrected chi connectivity index (χ2v) is 12.3. The first kappa shape index (κ1) is 26.4. The molecule has 0 aromatic heterocycles. The van der Waals surface area contributed by atoms with E-state index in [0.29, 0.717) is 33.9 Å². The summed E-state index contributed by atoms with van der Waals surface area (Å²) in [6.45, 7) is 8.52. The van der Waals surface area contributed by atoms with Crippen molar-refractivity contribution < 1.29 is 24.6 Å². The largest absolute Gasteiger partial charge is 0.495 e. The molecule has 0 radical (unpaired) electrons. The summed E-state index contributed by atoms with van der Waals surface area (Å²) in [5.74, 6) is 1.50. The Morgan fingerprint density at radius 1 is 1.41 bits per heavy atom. The van der Waals surface area contributed by atoms with Crippen LogP contribution in [0.4, 0.5) is 0 Å². The number of carbonyl (C=O) groups excluding carboxylic acids is 1. The van der Waals surface area contributed by atoms with E-state index in [4.69, 9.17) is 21.2 Å². The van der Waals surface area contributed by atoms with Crippen molar-refractivity contribution in [1.29, 1.82) is 0 Å². The topological polar surface area (TPSA) is 91.3 Å². The van der Waals surface area contributed by atoms with Gasteiger partial charge in [-0.3, -0.25) is 9.63 Å². The molecule has 1 aromatic rings. The molecule has 5 rings (SSSR count). The molecule has 4 fully saturated rings. The summed E-state index contributed by atoms with van der Waals surface area (Å²) in [4.78, 5) is 19.8. The Labute approximate surface area is 220 Å². The predicted octanol–water partition coefficient (Wildman–Crippen LogP) is 3.61. The lowest BCUT2D eigenvalue weighted by atomic mass is 9.45. The van der Waals surface area contributed by atoms with Crippen LogP contribution in [0.2, 0.25) is 5.02 Å². The normalized spacial score (nSPS) is 35.5. The molecule has 1 aliphatic heterocycles. The molecule has 3 N–H and O–H groups in total. The molecule has 1 saturated heterocycles. The third-order valence-corrected chi connectivity index (χ3v) is 10.4. The molecule has 4 aliphatic rings. The number of ether oxygens (including phenoxy) is 1.